The van der Waals surface area contributed by atoms with E-state index in [9.17, 15) is 14.8 Å². The van der Waals surface area contributed by atoms with E-state index >= 15 is 0 Å². The fraction of sp³-hybridized carbons (Fsp3) is 0.0312. The summed E-state index contributed by atoms with van der Waals surface area (Å²) in [7, 11) is 0. The standard InChI is InChI=1S/C32H25ClN4O4/c33-23-15-19-25(20-16-23)37(32(34)39)30(27-10-4-5-12-29(27)41-26-8-2-1-3-9-26)31(38)35-24-17-13-22(14-18-24)28-11-6-7-21-36(28)40/h1-21,30,40H,(H2,34,39). The summed E-state index contributed by atoms with van der Waals surface area (Å²) >= 11 is 6.09. The average Bonchev–Trinajstić information content (AvgIpc) is 2.98. The number of carbonyl (C=O) groups excluding carboxylic acids is 2. The summed E-state index contributed by atoms with van der Waals surface area (Å²) < 4.78 is 6.13. The van der Waals surface area contributed by atoms with E-state index in [0.717, 1.165) is 10.6 Å². The van der Waals surface area contributed by atoms with E-state index in [0.29, 0.717) is 39.2 Å². The first kappa shape index (κ1) is 27.4. The number of hydrogen-bond acceptors (Lipinski definition) is 5. The van der Waals surface area contributed by atoms with Gasteiger partial charge in [-0.1, -0.05) is 66.2 Å². The molecule has 1 heterocycles. The fourth-order valence-corrected chi connectivity index (χ4v) is 4.49. The summed E-state index contributed by atoms with van der Waals surface area (Å²) in [6.07, 6.45) is 13.6. The Morgan fingerprint density at radius 2 is 1.56 bits per heavy atom. The normalized spacial score (nSPS) is 14.7. The van der Waals surface area contributed by atoms with Crippen LogP contribution in [0.25, 0.3) is 0 Å². The number of aliphatic imine (C=N–C) groups is 1. The minimum absolute atomic E-state index is 0.353. The van der Waals surface area contributed by atoms with Gasteiger partial charge in [0, 0.05) is 28.0 Å². The number of rotatable bonds is 6. The quantitative estimate of drug-likeness (QED) is 0.339. The maximum atomic E-state index is 14.0. The van der Waals surface area contributed by atoms with E-state index in [1.54, 1.807) is 103 Å². The molecule has 8 nitrogen and oxygen atoms in total. The first-order valence-electron chi connectivity index (χ1n) is 12.6. The van der Waals surface area contributed by atoms with Gasteiger partial charge < -0.3 is 10.5 Å². The van der Waals surface area contributed by atoms with Crippen LogP contribution in [-0.4, -0.2) is 27.9 Å². The molecule has 0 radical (unpaired) electrons. The third-order valence-corrected chi connectivity index (χ3v) is 6.51. The van der Waals surface area contributed by atoms with Crippen LogP contribution in [0.15, 0.2) is 144 Å². The molecule has 0 saturated carbocycles. The zero-order valence-electron chi connectivity index (χ0n) is 21.7. The van der Waals surface area contributed by atoms with E-state index in [4.69, 9.17) is 22.1 Å². The molecule has 0 aromatic heterocycles. The second-order valence-corrected chi connectivity index (χ2v) is 9.40. The highest BCUT2D eigenvalue weighted by Gasteiger charge is 2.34. The lowest BCUT2D eigenvalue weighted by Crippen LogP contribution is -2.42. The molecule has 41 heavy (non-hydrogen) atoms. The van der Waals surface area contributed by atoms with Crippen molar-refractivity contribution in [2.24, 2.45) is 10.7 Å². The van der Waals surface area contributed by atoms with Crippen molar-refractivity contribution in [1.29, 1.82) is 0 Å². The zero-order chi connectivity index (χ0) is 28.8. The van der Waals surface area contributed by atoms with Crippen molar-refractivity contribution in [3.63, 3.8) is 0 Å². The second kappa shape index (κ2) is 12.3. The third-order valence-electron chi connectivity index (χ3n) is 6.26. The van der Waals surface area contributed by atoms with Crippen LogP contribution in [-0.2, 0) is 4.79 Å². The molecule has 0 bridgehead atoms. The van der Waals surface area contributed by atoms with Crippen molar-refractivity contribution in [2.45, 2.75) is 6.04 Å². The van der Waals surface area contributed by atoms with Gasteiger partial charge >= 0.3 is 6.03 Å². The first-order valence-corrected chi connectivity index (χ1v) is 13.0. The van der Waals surface area contributed by atoms with Crippen LogP contribution in [0.1, 0.15) is 11.6 Å². The molecule has 0 fully saturated rings. The highest BCUT2D eigenvalue weighted by molar-refractivity contribution is 6.30. The summed E-state index contributed by atoms with van der Waals surface area (Å²) in [4.78, 5) is 32.4. The number of hydroxylamine groups is 2. The fourth-order valence-electron chi connectivity index (χ4n) is 4.36. The smallest absolute Gasteiger partial charge is 0.320 e. The molecule has 3 aromatic rings. The Bertz CT molecular complexity index is 1620. The molecule has 5 rings (SSSR count). The highest BCUT2D eigenvalue weighted by atomic mass is 35.5. The van der Waals surface area contributed by atoms with Crippen LogP contribution in [0.4, 0.5) is 10.5 Å². The summed E-state index contributed by atoms with van der Waals surface area (Å²) in [6, 6.07) is 20.3. The van der Waals surface area contributed by atoms with Gasteiger partial charge in [0.05, 0.1) is 11.4 Å². The molecule has 1 unspecified atom stereocenters. The Balaban J connectivity index is 1.56. The molecule has 0 saturated heterocycles. The lowest BCUT2D eigenvalue weighted by molar-refractivity contribution is -0.119. The Morgan fingerprint density at radius 1 is 0.878 bits per heavy atom. The number of halogens is 1. The average molecular weight is 565 g/mol. The number of anilines is 1. The highest BCUT2D eigenvalue weighted by Crippen LogP contribution is 2.36. The molecular weight excluding hydrogens is 540 g/mol. The number of nitrogens with zero attached hydrogens (tertiary/aromatic N) is 3. The van der Waals surface area contributed by atoms with Crippen LogP contribution in [0.3, 0.4) is 0 Å². The third kappa shape index (κ3) is 6.36. The molecule has 1 atom stereocenters. The summed E-state index contributed by atoms with van der Waals surface area (Å²) in [6.45, 7) is 0. The first-order chi connectivity index (χ1) is 19.9. The SMILES string of the molecule is NC(=O)N(c1ccc(Cl)cc1)C(C(=O)N=C1C=CC(=C2C=CC=CN2O)C=C1)c1ccccc1Oc1ccccc1. The van der Waals surface area contributed by atoms with E-state index in [1.165, 1.54) is 11.1 Å². The molecule has 1 aliphatic heterocycles. The minimum atomic E-state index is -1.26. The molecule has 2 aliphatic rings. The van der Waals surface area contributed by atoms with Gasteiger partial charge in [-0.25, -0.2) is 14.9 Å². The van der Waals surface area contributed by atoms with Crippen LogP contribution in [0.5, 0.6) is 11.5 Å². The number of primary amides is 1. The summed E-state index contributed by atoms with van der Waals surface area (Å²) in [5.74, 6) is 0.268. The number of urea groups is 1. The lowest BCUT2D eigenvalue weighted by Gasteiger charge is -2.29. The van der Waals surface area contributed by atoms with E-state index in [2.05, 4.69) is 4.99 Å². The van der Waals surface area contributed by atoms with Crippen molar-refractivity contribution >= 4 is 34.9 Å². The van der Waals surface area contributed by atoms with Gasteiger partial charge in [0.15, 0.2) is 0 Å². The molecule has 3 N–H and O–H groups in total. The Kier molecular flexibility index (Phi) is 8.24. The Labute approximate surface area is 241 Å². The molecule has 3 aromatic carbocycles. The number of nitrogens with two attached hydrogens (primary N) is 1. The van der Waals surface area contributed by atoms with Gasteiger partial charge in [0.25, 0.3) is 5.91 Å². The van der Waals surface area contributed by atoms with Gasteiger partial charge in [0.2, 0.25) is 0 Å². The topological polar surface area (TPSA) is 108 Å². The van der Waals surface area contributed by atoms with Crippen molar-refractivity contribution in [3.8, 4) is 11.5 Å². The van der Waals surface area contributed by atoms with Gasteiger partial charge in [-0.15, -0.1) is 0 Å². The maximum absolute atomic E-state index is 14.0. The van der Waals surface area contributed by atoms with Crippen molar-refractivity contribution in [2.75, 3.05) is 4.90 Å². The zero-order valence-corrected chi connectivity index (χ0v) is 22.4. The maximum Gasteiger partial charge on any atom is 0.320 e. The summed E-state index contributed by atoms with van der Waals surface area (Å²) in [5.41, 5.74) is 8.26. The summed E-state index contributed by atoms with van der Waals surface area (Å²) in [5, 5.41) is 11.6. The largest absolute Gasteiger partial charge is 0.457 e. The Hall–Kier alpha value is -5.18. The molecule has 1 aliphatic carbocycles. The molecule has 3 amide bonds. The van der Waals surface area contributed by atoms with E-state index in [1.807, 2.05) is 18.2 Å². The predicted octanol–water partition coefficient (Wildman–Crippen LogP) is 6.88. The predicted molar refractivity (Wildman–Crippen MR) is 159 cm³/mol. The molecule has 0 spiro atoms. The number of amides is 3. The lowest BCUT2D eigenvalue weighted by atomic mass is 10.0. The van der Waals surface area contributed by atoms with Crippen molar-refractivity contribution < 1.29 is 19.5 Å². The molecule has 204 valence electrons. The number of para-hydroxylation sites is 2. The number of allylic oxidation sites excluding steroid dienone is 8. The van der Waals surface area contributed by atoms with Crippen LogP contribution in [0, 0.1) is 0 Å². The minimum Gasteiger partial charge on any atom is -0.457 e. The van der Waals surface area contributed by atoms with E-state index < -0.39 is 18.0 Å². The van der Waals surface area contributed by atoms with Crippen LogP contribution < -0.4 is 15.4 Å². The second-order valence-electron chi connectivity index (χ2n) is 8.97. The number of benzene rings is 3. The van der Waals surface area contributed by atoms with Crippen molar-refractivity contribution in [1.82, 2.24) is 5.06 Å². The number of hydrogen-bond donors (Lipinski definition) is 2. The molecule has 9 heteroatoms. The molecular formula is C32H25ClN4O4. The van der Waals surface area contributed by atoms with Crippen molar-refractivity contribution in [3.05, 3.63) is 149 Å². The van der Waals surface area contributed by atoms with Gasteiger partial charge in [-0.3, -0.25) is 14.9 Å². The van der Waals surface area contributed by atoms with Gasteiger partial charge in [-0.2, -0.15) is 0 Å². The van der Waals surface area contributed by atoms with Gasteiger partial charge in [-0.05, 0) is 66.8 Å². The van der Waals surface area contributed by atoms with Crippen LogP contribution >= 0.6 is 11.6 Å². The van der Waals surface area contributed by atoms with E-state index in [-0.39, 0.29) is 0 Å². The van der Waals surface area contributed by atoms with Gasteiger partial charge in [0.1, 0.15) is 17.5 Å². The Morgan fingerprint density at radius 3 is 2.24 bits per heavy atom. The monoisotopic (exact) mass is 564 g/mol. The number of carbonyl (C=O) groups is 2. The number of ether oxygens (including phenoxy) is 1. The van der Waals surface area contributed by atoms with Crippen LogP contribution in [0.2, 0.25) is 5.02 Å².